The molecule has 1 aliphatic rings. The molecule has 0 bridgehead atoms. The Labute approximate surface area is 160 Å². The summed E-state index contributed by atoms with van der Waals surface area (Å²) in [6.45, 7) is 1.35. The predicted octanol–water partition coefficient (Wildman–Crippen LogP) is 1.21. The molecule has 1 saturated heterocycles. The van der Waals surface area contributed by atoms with Crippen molar-refractivity contribution in [1.29, 1.82) is 0 Å². The smallest absolute Gasteiger partial charge is 0.319 e. The Kier molecular flexibility index (Phi) is 4.65. The molecule has 146 valence electrons. The summed E-state index contributed by atoms with van der Waals surface area (Å²) in [7, 11) is -3.89. The molecule has 1 heterocycles. The number of nitro groups is 1. The number of primary sulfonamides is 1. The number of benzene rings is 2. The van der Waals surface area contributed by atoms with Gasteiger partial charge >= 0.3 is 6.03 Å². The first-order valence-electron chi connectivity index (χ1n) is 8.03. The van der Waals surface area contributed by atoms with E-state index in [0.717, 1.165) is 4.90 Å². The van der Waals surface area contributed by atoms with Crippen LogP contribution in [0.5, 0.6) is 0 Å². The summed E-state index contributed by atoms with van der Waals surface area (Å²) in [6, 6.07) is 10.3. The quantitative estimate of drug-likeness (QED) is 0.434. The highest BCUT2D eigenvalue weighted by Crippen LogP contribution is 2.30. The number of nitrogens with one attached hydrogen (secondary N) is 1. The third-order valence-electron chi connectivity index (χ3n) is 4.50. The number of non-ortho nitro benzene ring substituents is 1. The van der Waals surface area contributed by atoms with Crippen molar-refractivity contribution in [2.24, 2.45) is 5.14 Å². The SMILES string of the molecule is C[C@@]1(c2ccc(S(N)(=O)=O)cc2)NC(=O)N(Cc2cccc([N+](=O)[O-])c2)C1=O. The number of nitrogens with zero attached hydrogens (tertiary/aromatic N) is 2. The number of rotatable bonds is 5. The van der Waals surface area contributed by atoms with Crippen LogP contribution in [-0.2, 0) is 26.9 Å². The van der Waals surface area contributed by atoms with E-state index in [4.69, 9.17) is 5.14 Å². The zero-order valence-corrected chi connectivity index (χ0v) is 15.5. The van der Waals surface area contributed by atoms with Crippen molar-refractivity contribution < 1.29 is 22.9 Å². The standard InChI is InChI=1S/C17H16N4O6S/c1-17(12-5-7-14(8-6-12)28(18,26)27)15(22)20(16(23)19-17)10-11-3-2-4-13(9-11)21(24)25/h2-9H,10H2,1H3,(H,19,23)(H2,18,26,27)/t17-/m0/s1. The van der Waals surface area contributed by atoms with Crippen molar-refractivity contribution in [2.75, 3.05) is 0 Å². The van der Waals surface area contributed by atoms with Crippen LogP contribution in [0.1, 0.15) is 18.1 Å². The van der Waals surface area contributed by atoms with Gasteiger partial charge in [0.2, 0.25) is 10.0 Å². The fourth-order valence-corrected chi connectivity index (χ4v) is 3.48. The normalized spacial score (nSPS) is 19.6. The number of carbonyl (C=O) groups excluding carboxylic acids is 2. The van der Waals surface area contributed by atoms with E-state index in [1.54, 1.807) is 6.07 Å². The second-order valence-electron chi connectivity index (χ2n) is 6.44. The molecule has 0 aliphatic carbocycles. The van der Waals surface area contributed by atoms with E-state index >= 15 is 0 Å². The first-order chi connectivity index (χ1) is 13.0. The topological polar surface area (TPSA) is 153 Å². The van der Waals surface area contributed by atoms with Crippen molar-refractivity contribution in [3.63, 3.8) is 0 Å². The number of carbonyl (C=O) groups is 2. The van der Waals surface area contributed by atoms with Crippen molar-refractivity contribution in [1.82, 2.24) is 10.2 Å². The lowest BCUT2D eigenvalue weighted by molar-refractivity contribution is -0.384. The second-order valence-corrected chi connectivity index (χ2v) is 8.00. The Morgan fingerprint density at radius 2 is 1.82 bits per heavy atom. The van der Waals surface area contributed by atoms with E-state index in [1.165, 1.54) is 49.4 Å². The molecule has 28 heavy (non-hydrogen) atoms. The van der Waals surface area contributed by atoms with Crippen molar-refractivity contribution >= 4 is 27.6 Å². The highest BCUT2D eigenvalue weighted by molar-refractivity contribution is 7.89. The molecule has 0 aromatic heterocycles. The minimum atomic E-state index is -3.89. The van der Waals surface area contributed by atoms with Gasteiger partial charge in [-0.15, -0.1) is 0 Å². The van der Waals surface area contributed by atoms with Crippen LogP contribution in [-0.4, -0.2) is 30.2 Å². The van der Waals surface area contributed by atoms with Gasteiger partial charge in [-0.2, -0.15) is 0 Å². The zero-order chi connectivity index (χ0) is 20.7. The maximum Gasteiger partial charge on any atom is 0.325 e. The fraction of sp³-hybridized carbons (Fsp3) is 0.176. The number of nitrogens with two attached hydrogens (primary N) is 1. The van der Waals surface area contributed by atoms with Gasteiger partial charge in [0.1, 0.15) is 5.54 Å². The molecule has 0 spiro atoms. The summed E-state index contributed by atoms with van der Waals surface area (Å²) in [6.07, 6.45) is 0. The molecular weight excluding hydrogens is 388 g/mol. The lowest BCUT2D eigenvalue weighted by Crippen LogP contribution is -2.40. The van der Waals surface area contributed by atoms with Crippen LogP contribution in [0.3, 0.4) is 0 Å². The monoisotopic (exact) mass is 404 g/mol. The number of hydrogen-bond donors (Lipinski definition) is 2. The minimum Gasteiger partial charge on any atom is -0.319 e. The number of urea groups is 1. The third kappa shape index (κ3) is 3.44. The molecule has 3 N–H and O–H groups in total. The number of amides is 3. The summed E-state index contributed by atoms with van der Waals surface area (Å²) < 4.78 is 22.8. The van der Waals surface area contributed by atoms with Gasteiger partial charge in [0.05, 0.1) is 16.4 Å². The largest absolute Gasteiger partial charge is 0.325 e. The van der Waals surface area contributed by atoms with Crippen molar-refractivity contribution in [2.45, 2.75) is 23.9 Å². The van der Waals surface area contributed by atoms with Gasteiger partial charge in [0.25, 0.3) is 11.6 Å². The Balaban J connectivity index is 1.88. The number of hydrogen-bond acceptors (Lipinski definition) is 6. The number of nitro benzene ring substituents is 1. The molecule has 11 heteroatoms. The van der Waals surface area contributed by atoms with E-state index in [0.29, 0.717) is 11.1 Å². The molecule has 3 rings (SSSR count). The molecule has 10 nitrogen and oxygen atoms in total. The van der Waals surface area contributed by atoms with Crippen LogP contribution >= 0.6 is 0 Å². The van der Waals surface area contributed by atoms with Gasteiger partial charge in [-0.05, 0) is 30.2 Å². The number of sulfonamides is 1. The van der Waals surface area contributed by atoms with Crippen LogP contribution < -0.4 is 10.5 Å². The molecule has 1 aliphatic heterocycles. The lowest BCUT2D eigenvalue weighted by Gasteiger charge is -2.22. The summed E-state index contributed by atoms with van der Waals surface area (Å²) in [5.74, 6) is -0.563. The summed E-state index contributed by atoms with van der Waals surface area (Å²) in [4.78, 5) is 36.4. The minimum absolute atomic E-state index is 0.120. The van der Waals surface area contributed by atoms with Gasteiger partial charge in [0, 0.05) is 12.1 Å². The Morgan fingerprint density at radius 3 is 2.39 bits per heavy atom. The average molecular weight is 404 g/mol. The molecule has 0 saturated carbocycles. The number of imide groups is 1. The molecule has 1 fully saturated rings. The molecule has 0 radical (unpaired) electrons. The summed E-state index contributed by atoms with van der Waals surface area (Å²) in [5.41, 5.74) is -0.758. The van der Waals surface area contributed by atoms with Crippen LogP contribution in [0.2, 0.25) is 0 Å². The molecular formula is C17H16N4O6S. The van der Waals surface area contributed by atoms with Crippen LogP contribution in [0.25, 0.3) is 0 Å². The van der Waals surface area contributed by atoms with Gasteiger partial charge in [-0.3, -0.25) is 19.8 Å². The fourth-order valence-electron chi connectivity index (χ4n) is 2.97. The Hall–Kier alpha value is -3.31. The average Bonchev–Trinajstić information content (AvgIpc) is 2.85. The summed E-state index contributed by atoms with van der Waals surface area (Å²) in [5, 5.41) is 18.5. The second kappa shape index (κ2) is 6.69. The van der Waals surface area contributed by atoms with Gasteiger partial charge in [0.15, 0.2) is 0 Å². The van der Waals surface area contributed by atoms with Crippen molar-refractivity contribution in [3.8, 4) is 0 Å². The van der Waals surface area contributed by atoms with Crippen LogP contribution in [0, 0.1) is 10.1 Å². The van der Waals surface area contributed by atoms with E-state index in [9.17, 15) is 28.1 Å². The molecule has 1 atom stereocenters. The Morgan fingerprint density at radius 1 is 1.18 bits per heavy atom. The lowest BCUT2D eigenvalue weighted by atomic mass is 9.92. The highest BCUT2D eigenvalue weighted by Gasteiger charge is 2.48. The molecule has 3 amide bonds. The van der Waals surface area contributed by atoms with E-state index < -0.39 is 32.4 Å². The van der Waals surface area contributed by atoms with Gasteiger partial charge in [-0.25, -0.2) is 18.4 Å². The van der Waals surface area contributed by atoms with Crippen LogP contribution in [0.4, 0.5) is 10.5 Å². The van der Waals surface area contributed by atoms with Gasteiger partial charge < -0.3 is 5.32 Å². The molecule has 2 aromatic rings. The highest BCUT2D eigenvalue weighted by atomic mass is 32.2. The van der Waals surface area contributed by atoms with Crippen LogP contribution in [0.15, 0.2) is 53.4 Å². The maximum atomic E-state index is 12.9. The Bertz CT molecular complexity index is 1080. The van der Waals surface area contributed by atoms with E-state index in [2.05, 4.69) is 5.32 Å². The van der Waals surface area contributed by atoms with Gasteiger partial charge in [-0.1, -0.05) is 24.3 Å². The first kappa shape index (κ1) is 19.5. The summed E-state index contributed by atoms with van der Waals surface area (Å²) >= 11 is 0. The zero-order valence-electron chi connectivity index (χ0n) is 14.7. The molecule has 0 unspecified atom stereocenters. The third-order valence-corrected chi connectivity index (χ3v) is 5.43. The van der Waals surface area contributed by atoms with Crippen molar-refractivity contribution in [3.05, 3.63) is 69.8 Å². The van der Waals surface area contributed by atoms with E-state index in [1.807, 2.05) is 0 Å². The first-order valence-corrected chi connectivity index (χ1v) is 9.58. The van der Waals surface area contributed by atoms with E-state index in [-0.39, 0.29) is 17.1 Å². The predicted molar refractivity (Wildman–Crippen MR) is 97.3 cm³/mol. The maximum absolute atomic E-state index is 12.9. The molecule has 2 aromatic carbocycles.